The molecule has 1 aliphatic rings. The molecule has 0 saturated carbocycles. The Morgan fingerprint density at radius 1 is 1.47 bits per heavy atom. The summed E-state index contributed by atoms with van der Waals surface area (Å²) in [6.45, 7) is 10.3. The maximum atomic E-state index is 4.43. The maximum Gasteiger partial charge on any atom is 0.109 e. The van der Waals surface area contributed by atoms with Crippen molar-refractivity contribution < 1.29 is 0 Å². The van der Waals surface area contributed by atoms with Crippen LogP contribution in [0.3, 0.4) is 0 Å². The summed E-state index contributed by atoms with van der Waals surface area (Å²) in [6.07, 6.45) is 6.19. The molecule has 1 aromatic heterocycles. The molecule has 1 fully saturated rings. The minimum Gasteiger partial charge on any atom is -0.338 e. The molecule has 0 bridgehead atoms. The molecule has 0 aliphatic carbocycles. The average Bonchev–Trinajstić information content (AvgIpc) is 2.81. The van der Waals surface area contributed by atoms with E-state index >= 15 is 0 Å². The van der Waals surface area contributed by atoms with Crippen LogP contribution in [0.1, 0.15) is 33.0 Å². The van der Waals surface area contributed by atoms with E-state index in [1.54, 1.807) is 0 Å². The van der Waals surface area contributed by atoms with E-state index in [9.17, 15) is 0 Å². The minimum atomic E-state index is 0.629. The molecule has 0 radical (unpaired) electrons. The van der Waals surface area contributed by atoms with Gasteiger partial charge in [0.15, 0.2) is 0 Å². The van der Waals surface area contributed by atoms with Gasteiger partial charge in [-0.3, -0.25) is 4.90 Å². The largest absolute Gasteiger partial charge is 0.338 e. The molecule has 2 atom stereocenters. The van der Waals surface area contributed by atoms with Crippen molar-refractivity contribution in [1.82, 2.24) is 19.8 Å². The maximum absolute atomic E-state index is 4.43. The van der Waals surface area contributed by atoms with Crippen molar-refractivity contribution in [2.24, 2.45) is 13.0 Å². The van der Waals surface area contributed by atoms with Gasteiger partial charge in [-0.2, -0.15) is 0 Å². The third-order valence-corrected chi connectivity index (χ3v) is 4.38. The second-order valence-corrected chi connectivity index (χ2v) is 6.02. The highest BCUT2D eigenvalue weighted by Crippen LogP contribution is 2.15. The SMILES string of the molecule is CCC1CNC(C(C)C)CN1CCc1nccn1C. The van der Waals surface area contributed by atoms with Gasteiger partial charge in [-0.15, -0.1) is 0 Å². The molecule has 2 unspecified atom stereocenters. The highest BCUT2D eigenvalue weighted by atomic mass is 15.2. The Kier molecular flexibility index (Phi) is 4.99. The van der Waals surface area contributed by atoms with E-state index in [-0.39, 0.29) is 0 Å². The van der Waals surface area contributed by atoms with Crippen LogP contribution in [0.4, 0.5) is 0 Å². The lowest BCUT2D eigenvalue weighted by molar-refractivity contribution is 0.111. The number of rotatable bonds is 5. The van der Waals surface area contributed by atoms with Crippen LogP contribution in [0, 0.1) is 5.92 Å². The van der Waals surface area contributed by atoms with E-state index in [0.717, 1.165) is 19.5 Å². The third kappa shape index (κ3) is 3.57. The van der Waals surface area contributed by atoms with Gasteiger partial charge in [-0.05, 0) is 12.3 Å². The first-order valence-electron chi connectivity index (χ1n) is 7.55. The van der Waals surface area contributed by atoms with E-state index < -0.39 is 0 Å². The van der Waals surface area contributed by atoms with Gasteiger partial charge in [-0.25, -0.2) is 4.98 Å². The molecule has 1 saturated heterocycles. The van der Waals surface area contributed by atoms with Crippen LogP contribution in [-0.2, 0) is 13.5 Å². The summed E-state index contributed by atoms with van der Waals surface area (Å²) < 4.78 is 2.13. The van der Waals surface area contributed by atoms with Gasteiger partial charge in [0.25, 0.3) is 0 Å². The molecule has 108 valence electrons. The van der Waals surface area contributed by atoms with Crippen molar-refractivity contribution in [3.63, 3.8) is 0 Å². The number of nitrogens with one attached hydrogen (secondary N) is 1. The minimum absolute atomic E-state index is 0.629. The van der Waals surface area contributed by atoms with Crippen LogP contribution in [0.5, 0.6) is 0 Å². The molecule has 0 aromatic carbocycles. The number of hydrogen-bond donors (Lipinski definition) is 1. The second-order valence-electron chi connectivity index (χ2n) is 6.02. The van der Waals surface area contributed by atoms with Gasteiger partial charge in [-0.1, -0.05) is 20.8 Å². The highest BCUT2D eigenvalue weighted by Gasteiger charge is 2.27. The van der Waals surface area contributed by atoms with Crippen molar-refractivity contribution in [1.29, 1.82) is 0 Å². The Labute approximate surface area is 117 Å². The summed E-state index contributed by atoms with van der Waals surface area (Å²) in [4.78, 5) is 7.07. The molecule has 2 rings (SSSR count). The average molecular weight is 264 g/mol. The van der Waals surface area contributed by atoms with Crippen LogP contribution in [0.25, 0.3) is 0 Å². The summed E-state index contributed by atoms with van der Waals surface area (Å²) in [5, 5.41) is 3.69. The Balaban J connectivity index is 1.93. The molecule has 4 heteroatoms. The van der Waals surface area contributed by atoms with Crippen molar-refractivity contribution >= 4 is 0 Å². The first-order valence-corrected chi connectivity index (χ1v) is 7.55. The van der Waals surface area contributed by atoms with Crippen molar-refractivity contribution in [3.05, 3.63) is 18.2 Å². The zero-order valence-corrected chi connectivity index (χ0v) is 12.8. The van der Waals surface area contributed by atoms with Crippen LogP contribution in [-0.4, -0.2) is 46.2 Å². The predicted molar refractivity (Wildman–Crippen MR) is 79.2 cm³/mol. The normalized spacial score (nSPS) is 25.1. The van der Waals surface area contributed by atoms with Gasteiger partial charge in [0.2, 0.25) is 0 Å². The van der Waals surface area contributed by atoms with Crippen LogP contribution >= 0.6 is 0 Å². The highest BCUT2D eigenvalue weighted by molar-refractivity contribution is 4.94. The second kappa shape index (κ2) is 6.53. The smallest absolute Gasteiger partial charge is 0.109 e. The van der Waals surface area contributed by atoms with Crippen LogP contribution in [0.2, 0.25) is 0 Å². The van der Waals surface area contributed by atoms with Gasteiger partial charge >= 0.3 is 0 Å². The molecule has 0 amide bonds. The molecule has 0 spiro atoms. The number of piperazine rings is 1. The molecule has 1 aromatic rings. The quantitative estimate of drug-likeness (QED) is 0.878. The zero-order chi connectivity index (χ0) is 13.8. The predicted octanol–water partition coefficient (Wildman–Crippen LogP) is 1.67. The van der Waals surface area contributed by atoms with Gasteiger partial charge < -0.3 is 9.88 Å². The standard InChI is InChI=1S/C15H28N4/c1-5-13-10-17-14(12(2)3)11-19(13)8-6-15-16-7-9-18(15)4/h7,9,12-14,17H,5-6,8,10-11H2,1-4H3. The summed E-state index contributed by atoms with van der Waals surface area (Å²) in [6, 6.07) is 1.31. The number of aromatic nitrogens is 2. The molecule has 19 heavy (non-hydrogen) atoms. The lowest BCUT2D eigenvalue weighted by Gasteiger charge is -2.41. The lowest BCUT2D eigenvalue weighted by atomic mass is 9.98. The Morgan fingerprint density at radius 2 is 2.26 bits per heavy atom. The lowest BCUT2D eigenvalue weighted by Crippen LogP contribution is -2.58. The molecule has 1 N–H and O–H groups in total. The van der Waals surface area contributed by atoms with Gasteiger partial charge in [0, 0.05) is 57.6 Å². The number of imidazole rings is 1. The Hall–Kier alpha value is -0.870. The fourth-order valence-electron chi connectivity index (χ4n) is 2.89. The van der Waals surface area contributed by atoms with Crippen molar-refractivity contribution in [2.75, 3.05) is 19.6 Å². The van der Waals surface area contributed by atoms with Crippen molar-refractivity contribution in [2.45, 2.75) is 45.7 Å². The summed E-state index contributed by atoms with van der Waals surface area (Å²) in [7, 11) is 2.08. The first kappa shape index (κ1) is 14.5. The fourth-order valence-corrected chi connectivity index (χ4v) is 2.89. The summed E-state index contributed by atoms with van der Waals surface area (Å²) in [5.74, 6) is 1.89. The Morgan fingerprint density at radius 3 is 2.84 bits per heavy atom. The van der Waals surface area contributed by atoms with Crippen LogP contribution in [0.15, 0.2) is 12.4 Å². The first-order chi connectivity index (χ1) is 9.11. The Bertz CT molecular complexity index is 385. The molecule has 4 nitrogen and oxygen atoms in total. The number of nitrogens with zero attached hydrogens (tertiary/aromatic N) is 3. The zero-order valence-electron chi connectivity index (χ0n) is 12.8. The molecular formula is C15H28N4. The van der Waals surface area contributed by atoms with Gasteiger partial charge in [0.1, 0.15) is 5.82 Å². The monoisotopic (exact) mass is 264 g/mol. The van der Waals surface area contributed by atoms with Crippen LogP contribution < -0.4 is 5.32 Å². The van der Waals surface area contributed by atoms with E-state index in [4.69, 9.17) is 0 Å². The van der Waals surface area contributed by atoms with Crippen molar-refractivity contribution in [3.8, 4) is 0 Å². The topological polar surface area (TPSA) is 33.1 Å². The van der Waals surface area contributed by atoms with E-state index in [0.29, 0.717) is 18.0 Å². The molecule has 1 aliphatic heterocycles. The molecular weight excluding hydrogens is 236 g/mol. The number of aryl methyl sites for hydroxylation is 1. The summed E-state index contributed by atoms with van der Waals surface area (Å²) >= 11 is 0. The molecule has 2 heterocycles. The van der Waals surface area contributed by atoms with E-state index in [2.05, 4.69) is 47.6 Å². The number of hydrogen-bond acceptors (Lipinski definition) is 3. The van der Waals surface area contributed by atoms with Gasteiger partial charge in [0.05, 0.1) is 0 Å². The summed E-state index contributed by atoms with van der Waals surface area (Å²) in [5.41, 5.74) is 0. The fraction of sp³-hybridized carbons (Fsp3) is 0.800. The van der Waals surface area contributed by atoms with E-state index in [1.165, 1.54) is 18.8 Å². The third-order valence-electron chi connectivity index (χ3n) is 4.38. The van der Waals surface area contributed by atoms with E-state index in [1.807, 2.05) is 12.4 Å².